The van der Waals surface area contributed by atoms with Crippen LogP contribution in [0, 0.1) is 0 Å². The average molecular weight is 327 g/mol. The number of fused-ring (bicyclic) bond motifs is 1. The Morgan fingerprint density at radius 2 is 1.92 bits per heavy atom. The van der Waals surface area contributed by atoms with Crippen molar-refractivity contribution in [2.75, 3.05) is 26.3 Å². The van der Waals surface area contributed by atoms with E-state index in [-0.39, 0.29) is 12.7 Å². The molecule has 0 fully saturated rings. The fraction of sp³-hybridized carbons (Fsp3) is 0.167. The number of hydrogen-bond acceptors (Lipinski definition) is 5. The topological polar surface area (TPSA) is 66.0 Å². The number of amides is 1. The molecule has 1 aliphatic heterocycles. The lowest BCUT2D eigenvalue weighted by atomic mass is 10.1. The highest BCUT2D eigenvalue weighted by molar-refractivity contribution is 6.02. The van der Waals surface area contributed by atoms with Gasteiger partial charge in [0.15, 0.2) is 11.5 Å². The first-order valence-electron chi connectivity index (χ1n) is 7.30. The molecule has 1 heterocycles. The number of benzene rings is 2. The summed E-state index contributed by atoms with van der Waals surface area (Å²) in [5, 5.41) is 2.77. The molecule has 6 heteroatoms. The summed E-state index contributed by atoms with van der Waals surface area (Å²) in [6.07, 6.45) is 3.10. The highest BCUT2D eigenvalue weighted by Crippen LogP contribution is 2.34. The molecule has 6 nitrogen and oxygen atoms in total. The van der Waals surface area contributed by atoms with Crippen molar-refractivity contribution < 1.29 is 23.7 Å². The van der Waals surface area contributed by atoms with Crippen molar-refractivity contribution in [3.63, 3.8) is 0 Å². The van der Waals surface area contributed by atoms with Gasteiger partial charge in [0.05, 0.1) is 14.2 Å². The maximum atomic E-state index is 12.1. The molecule has 124 valence electrons. The molecule has 1 N–H and O–H groups in total. The van der Waals surface area contributed by atoms with Gasteiger partial charge in [-0.3, -0.25) is 4.79 Å². The van der Waals surface area contributed by atoms with Crippen molar-refractivity contribution in [2.45, 2.75) is 0 Å². The summed E-state index contributed by atoms with van der Waals surface area (Å²) < 4.78 is 21.0. The fourth-order valence-electron chi connectivity index (χ4n) is 2.29. The molecule has 0 atom stereocenters. The minimum atomic E-state index is -0.265. The predicted octanol–water partition coefficient (Wildman–Crippen LogP) is 3.08. The van der Waals surface area contributed by atoms with Crippen LogP contribution in [-0.4, -0.2) is 26.9 Å². The van der Waals surface area contributed by atoms with Crippen molar-refractivity contribution in [1.82, 2.24) is 0 Å². The van der Waals surface area contributed by atoms with Gasteiger partial charge in [-0.25, -0.2) is 0 Å². The van der Waals surface area contributed by atoms with Crippen molar-refractivity contribution >= 4 is 17.7 Å². The first-order valence-corrected chi connectivity index (χ1v) is 7.30. The van der Waals surface area contributed by atoms with E-state index >= 15 is 0 Å². The van der Waals surface area contributed by atoms with Gasteiger partial charge in [-0.15, -0.1) is 0 Å². The number of carbonyl (C=O) groups is 1. The third-order valence-electron chi connectivity index (χ3n) is 3.49. The molecule has 24 heavy (non-hydrogen) atoms. The average Bonchev–Trinajstić information content (AvgIpc) is 3.07. The Labute approximate surface area is 139 Å². The van der Waals surface area contributed by atoms with Crippen molar-refractivity contribution in [3.8, 4) is 23.0 Å². The van der Waals surface area contributed by atoms with E-state index in [4.69, 9.17) is 18.9 Å². The predicted molar refractivity (Wildman–Crippen MR) is 89.8 cm³/mol. The number of ether oxygens (including phenoxy) is 4. The van der Waals surface area contributed by atoms with Crippen LogP contribution in [-0.2, 0) is 4.79 Å². The van der Waals surface area contributed by atoms with Crippen LogP contribution in [0.5, 0.6) is 23.0 Å². The van der Waals surface area contributed by atoms with E-state index < -0.39 is 0 Å². The maximum Gasteiger partial charge on any atom is 0.248 e. The van der Waals surface area contributed by atoms with Gasteiger partial charge in [0.1, 0.15) is 11.5 Å². The van der Waals surface area contributed by atoms with E-state index in [0.29, 0.717) is 28.7 Å². The van der Waals surface area contributed by atoms with E-state index in [1.807, 2.05) is 0 Å². The van der Waals surface area contributed by atoms with Gasteiger partial charge in [-0.1, -0.05) is 0 Å². The molecule has 0 unspecified atom stereocenters. The molecule has 3 rings (SSSR count). The number of carbonyl (C=O) groups excluding carboxylic acids is 1. The van der Waals surface area contributed by atoms with Crippen LogP contribution < -0.4 is 24.3 Å². The minimum Gasteiger partial charge on any atom is -0.497 e. The molecule has 0 radical (unpaired) electrons. The van der Waals surface area contributed by atoms with Gasteiger partial charge in [-0.05, 0) is 36.4 Å². The molecule has 0 aliphatic carbocycles. The molecule has 0 aromatic heterocycles. The molecular weight excluding hydrogens is 310 g/mol. The molecule has 0 saturated heterocycles. The number of rotatable bonds is 5. The number of nitrogens with one attached hydrogen (secondary N) is 1. The first-order chi connectivity index (χ1) is 11.7. The molecule has 0 saturated carbocycles. The van der Waals surface area contributed by atoms with Gasteiger partial charge in [0.2, 0.25) is 12.7 Å². The van der Waals surface area contributed by atoms with E-state index in [1.54, 1.807) is 56.7 Å². The Morgan fingerprint density at radius 1 is 1.08 bits per heavy atom. The monoisotopic (exact) mass is 327 g/mol. The summed E-state index contributed by atoms with van der Waals surface area (Å²) in [5.41, 5.74) is 1.38. The van der Waals surface area contributed by atoms with Crippen molar-refractivity contribution in [2.24, 2.45) is 0 Å². The highest BCUT2D eigenvalue weighted by Gasteiger charge is 2.13. The normalized spacial score (nSPS) is 12.2. The summed E-state index contributed by atoms with van der Waals surface area (Å²) in [6, 6.07) is 10.6. The zero-order chi connectivity index (χ0) is 16.9. The van der Waals surface area contributed by atoms with Crippen LogP contribution in [0.4, 0.5) is 5.69 Å². The van der Waals surface area contributed by atoms with E-state index in [2.05, 4.69) is 5.32 Å². The summed E-state index contributed by atoms with van der Waals surface area (Å²) in [5.74, 6) is 2.36. The van der Waals surface area contributed by atoms with Gasteiger partial charge < -0.3 is 24.3 Å². The SMILES string of the molecule is COc1ccc(OC)c(/C=C/C(=O)Nc2ccc3c(c2)OCO3)c1. The zero-order valence-corrected chi connectivity index (χ0v) is 13.4. The Bertz CT molecular complexity index is 785. The lowest BCUT2D eigenvalue weighted by molar-refractivity contribution is -0.111. The van der Waals surface area contributed by atoms with Crippen LogP contribution in [0.2, 0.25) is 0 Å². The molecule has 0 spiro atoms. The van der Waals surface area contributed by atoms with Gasteiger partial charge in [-0.2, -0.15) is 0 Å². The van der Waals surface area contributed by atoms with Gasteiger partial charge >= 0.3 is 0 Å². The number of anilines is 1. The van der Waals surface area contributed by atoms with Crippen LogP contribution in [0.1, 0.15) is 5.56 Å². The van der Waals surface area contributed by atoms with Crippen LogP contribution in [0.25, 0.3) is 6.08 Å². The summed E-state index contributed by atoms with van der Waals surface area (Å²) in [6.45, 7) is 0.197. The first kappa shape index (κ1) is 15.7. The van der Waals surface area contributed by atoms with E-state index in [1.165, 1.54) is 6.08 Å². The van der Waals surface area contributed by atoms with Gasteiger partial charge in [0, 0.05) is 23.4 Å². The lowest BCUT2D eigenvalue weighted by Crippen LogP contribution is -2.07. The van der Waals surface area contributed by atoms with Gasteiger partial charge in [0.25, 0.3) is 0 Å². The van der Waals surface area contributed by atoms with Crippen LogP contribution >= 0.6 is 0 Å². The van der Waals surface area contributed by atoms with Crippen molar-refractivity contribution in [1.29, 1.82) is 0 Å². The fourth-order valence-corrected chi connectivity index (χ4v) is 2.29. The summed E-state index contributed by atoms with van der Waals surface area (Å²) in [7, 11) is 3.16. The van der Waals surface area contributed by atoms with E-state index in [9.17, 15) is 4.79 Å². The second-order valence-corrected chi connectivity index (χ2v) is 5.00. The smallest absolute Gasteiger partial charge is 0.248 e. The molecule has 1 amide bonds. The molecule has 0 bridgehead atoms. The third kappa shape index (κ3) is 3.43. The second kappa shape index (κ2) is 6.95. The molecule has 1 aliphatic rings. The maximum absolute atomic E-state index is 12.1. The summed E-state index contributed by atoms with van der Waals surface area (Å²) >= 11 is 0. The largest absolute Gasteiger partial charge is 0.497 e. The number of methoxy groups -OCH3 is 2. The zero-order valence-electron chi connectivity index (χ0n) is 13.4. The van der Waals surface area contributed by atoms with Crippen LogP contribution in [0.3, 0.4) is 0 Å². The molecular formula is C18H17NO5. The summed E-state index contributed by atoms with van der Waals surface area (Å²) in [4.78, 5) is 12.1. The van der Waals surface area contributed by atoms with E-state index in [0.717, 1.165) is 5.56 Å². The Kier molecular flexibility index (Phi) is 4.56. The lowest BCUT2D eigenvalue weighted by Gasteiger charge is -2.07. The molecule has 2 aromatic carbocycles. The quantitative estimate of drug-likeness (QED) is 0.855. The Morgan fingerprint density at radius 3 is 2.71 bits per heavy atom. The molecule has 2 aromatic rings. The Balaban J connectivity index is 1.71. The van der Waals surface area contributed by atoms with Crippen LogP contribution in [0.15, 0.2) is 42.5 Å². The number of hydrogen-bond donors (Lipinski definition) is 1. The highest BCUT2D eigenvalue weighted by atomic mass is 16.7. The third-order valence-corrected chi connectivity index (χ3v) is 3.49. The minimum absolute atomic E-state index is 0.197. The standard InChI is InChI=1S/C18H17NO5/c1-21-14-5-7-15(22-2)12(9-14)3-8-18(20)19-13-4-6-16-17(10-13)24-11-23-16/h3-10H,11H2,1-2H3,(H,19,20)/b8-3+. The Hall–Kier alpha value is -3.15. The second-order valence-electron chi connectivity index (χ2n) is 5.00. The van der Waals surface area contributed by atoms with Crippen molar-refractivity contribution in [3.05, 3.63) is 48.0 Å².